The molecule has 2 aromatic carbocycles. The second kappa shape index (κ2) is 9.08. The highest BCUT2D eigenvalue weighted by molar-refractivity contribution is 5.91. The Morgan fingerprint density at radius 2 is 1.65 bits per heavy atom. The number of methoxy groups -OCH3 is 3. The van der Waals surface area contributed by atoms with Crippen LogP contribution in [0.3, 0.4) is 0 Å². The summed E-state index contributed by atoms with van der Waals surface area (Å²) in [6, 6.07) is 11.6. The summed E-state index contributed by atoms with van der Waals surface area (Å²) in [7, 11) is 4.84. The molecule has 6 heteroatoms. The van der Waals surface area contributed by atoms with Gasteiger partial charge in [-0.05, 0) is 47.7 Å². The molecule has 4 aromatic rings. The Morgan fingerprint density at radius 1 is 0.935 bits per heavy atom. The molecule has 0 saturated heterocycles. The maximum Gasteiger partial charge on any atom is 0.252 e. The first-order valence-electron chi connectivity index (χ1n) is 9.80. The number of aromatic amines is 1. The van der Waals surface area contributed by atoms with E-state index in [1.54, 1.807) is 21.3 Å². The number of aromatic nitrogens is 2. The van der Waals surface area contributed by atoms with Gasteiger partial charge in [-0.2, -0.15) is 0 Å². The Labute approximate surface area is 181 Å². The van der Waals surface area contributed by atoms with Crippen LogP contribution in [-0.2, 0) is 12.8 Å². The van der Waals surface area contributed by atoms with Gasteiger partial charge >= 0.3 is 0 Å². The van der Waals surface area contributed by atoms with E-state index in [2.05, 4.69) is 16.0 Å². The van der Waals surface area contributed by atoms with Crippen molar-refractivity contribution in [2.24, 2.45) is 0 Å². The van der Waals surface area contributed by atoms with Crippen LogP contribution in [0.4, 0.5) is 0 Å². The number of benzene rings is 2. The normalized spacial score (nSPS) is 10.7. The average Bonchev–Trinajstić information content (AvgIpc) is 2.79. The van der Waals surface area contributed by atoms with Crippen LogP contribution in [-0.4, -0.2) is 31.3 Å². The van der Waals surface area contributed by atoms with Crippen molar-refractivity contribution >= 4 is 21.7 Å². The van der Waals surface area contributed by atoms with Gasteiger partial charge in [0.1, 0.15) is 5.75 Å². The van der Waals surface area contributed by atoms with Gasteiger partial charge in [0.2, 0.25) is 0 Å². The summed E-state index contributed by atoms with van der Waals surface area (Å²) in [5, 5.41) is 2.82. The van der Waals surface area contributed by atoms with Crippen LogP contribution in [0.2, 0.25) is 0 Å². The largest absolute Gasteiger partial charge is 0.497 e. The maximum absolute atomic E-state index is 13.0. The second-order valence-corrected chi connectivity index (χ2v) is 7.10. The van der Waals surface area contributed by atoms with Gasteiger partial charge in [0.15, 0.2) is 11.5 Å². The molecule has 4 rings (SSSR count). The number of nitrogens with one attached hydrogen (secondary N) is 1. The highest BCUT2D eigenvalue weighted by Crippen LogP contribution is 2.34. The average molecular weight is 421 g/mol. The lowest BCUT2D eigenvalue weighted by atomic mass is 9.97. The Morgan fingerprint density at radius 3 is 2.29 bits per heavy atom. The quantitative estimate of drug-likeness (QED) is 0.481. The van der Waals surface area contributed by atoms with Crippen LogP contribution < -0.4 is 19.8 Å². The van der Waals surface area contributed by atoms with E-state index in [0.717, 1.165) is 38.7 Å². The Balaban J connectivity index is 0.00000272. The molecule has 0 amide bonds. The fraction of sp³-hybridized carbons (Fsp3) is 0.280. The topological polar surface area (TPSA) is 73.4 Å². The van der Waals surface area contributed by atoms with E-state index < -0.39 is 0 Å². The highest BCUT2D eigenvalue weighted by Gasteiger charge is 2.16. The van der Waals surface area contributed by atoms with E-state index in [1.807, 2.05) is 43.5 Å². The summed E-state index contributed by atoms with van der Waals surface area (Å²) in [5.74, 6) is 2.00. The number of hydrogen-bond donors (Lipinski definition) is 1. The molecule has 1 N–H and O–H groups in total. The number of rotatable bonds is 6. The standard InChI is InChI=1S/C24H24N2O4.CH4/c1-5-20-18-12-23(30-4)22(29-3)11-17(18)19(24(27)26-20)9-14-8-15-6-7-16(28-2)10-21(15)25-13-14;/h6-8,10-13H,5,9H2,1-4H3,(H,26,27);1H4. The molecule has 0 radical (unpaired) electrons. The first-order chi connectivity index (χ1) is 14.6. The van der Waals surface area contributed by atoms with Gasteiger partial charge in [-0.25, -0.2) is 0 Å². The minimum atomic E-state index is -0.0959. The summed E-state index contributed by atoms with van der Waals surface area (Å²) in [6.45, 7) is 2.02. The van der Waals surface area contributed by atoms with Crippen LogP contribution in [0.5, 0.6) is 17.2 Å². The third-order valence-electron chi connectivity index (χ3n) is 5.39. The van der Waals surface area contributed by atoms with Crippen molar-refractivity contribution in [2.45, 2.75) is 27.2 Å². The second-order valence-electron chi connectivity index (χ2n) is 7.10. The lowest BCUT2D eigenvalue weighted by molar-refractivity contribution is 0.356. The minimum absolute atomic E-state index is 0. The molecule has 0 aliphatic rings. The molecule has 0 saturated carbocycles. The lowest BCUT2D eigenvalue weighted by Gasteiger charge is -2.14. The number of pyridine rings is 2. The zero-order valence-electron chi connectivity index (χ0n) is 17.5. The molecule has 0 spiro atoms. The number of aryl methyl sites for hydroxylation is 1. The van der Waals surface area contributed by atoms with E-state index in [4.69, 9.17) is 14.2 Å². The molecule has 0 atom stereocenters. The highest BCUT2D eigenvalue weighted by atomic mass is 16.5. The van der Waals surface area contributed by atoms with Gasteiger partial charge in [-0.15, -0.1) is 0 Å². The molecule has 0 aliphatic carbocycles. The molecule has 162 valence electrons. The predicted octanol–water partition coefficient (Wildman–Crippen LogP) is 4.89. The van der Waals surface area contributed by atoms with Gasteiger partial charge in [0.05, 0.1) is 26.8 Å². The zero-order valence-corrected chi connectivity index (χ0v) is 17.5. The first-order valence-corrected chi connectivity index (χ1v) is 9.80. The number of fused-ring (bicyclic) bond motifs is 2. The molecule has 0 aliphatic heterocycles. The van der Waals surface area contributed by atoms with Gasteiger partial charge < -0.3 is 19.2 Å². The molecular weight excluding hydrogens is 392 g/mol. The third kappa shape index (κ3) is 4.06. The summed E-state index contributed by atoms with van der Waals surface area (Å²) in [5.41, 5.74) is 3.27. The van der Waals surface area contributed by atoms with Gasteiger partial charge in [0, 0.05) is 40.7 Å². The van der Waals surface area contributed by atoms with Crippen LogP contribution in [0, 0.1) is 0 Å². The molecule has 0 unspecified atom stereocenters. The van der Waals surface area contributed by atoms with E-state index in [0.29, 0.717) is 29.9 Å². The summed E-state index contributed by atoms with van der Waals surface area (Å²) < 4.78 is 16.2. The van der Waals surface area contributed by atoms with Crippen molar-refractivity contribution in [1.82, 2.24) is 9.97 Å². The molecule has 0 bridgehead atoms. The van der Waals surface area contributed by atoms with Crippen molar-refractivity contribution < 1.29 is 14.2 Å². The predicted molar refractivity (Wildman–Crippen MR) is 125 cm³/mol. The molecular formula is C25H28N2O4. The molecule has 2 heterocycles. The minimum Gasteiger partial charge on any atom is -0.497 e. The van der Waals surface area contributed by atoms with E-state index in [1.165, 1.54) is 0 Å². The van der Waals surface area contributed by atoms with Gasteiger partial charge in [-0.3, -0.25) is 9.78 Å². The molecule has 6 nitrogen and oxygen atoms in total. The number of hydrogen-bond acceptors (Lipinski definition) is 5. The van der Waals surface area contributed by atoms with Crippen molar-refractivity contribution in [3.05, 3.63) is 69.8 Å². The molecule has 31 heavy (non-hydrogen) atoms. The summed E-state index contributed by atoms with van der Waals surface area (Å²) in [6.07, 6.45) is 2.97. The van der Waals surface area contributed by atoms with Gasteiger partial charge in [0.25, 0.3) is 5.56 Å². The number of ether oxygens (including phenoxy) is 3. The van der Waals surface area contributed by atoms with E-state index in [-0.39, 0.29) is 13.0 Å². The monoisotopic (exact) mass is 420 g/mol. The lowest BCUT2D eigenvalue weighted by Crippen LogP contribution is -2.16. The van der Waals surface area contributed by atoms with Crippen molar-refractivity contribution in [3.8, 4) is 17.2 Å². The van der Waals surface area contributed by atoms with Crippen molar-refractivity contribution in [1.29, 1.82) is 0 Å². The summed E-state index contributed by atoms with van der Waals surface area (Å²) >= 11 is 0. The summed E-state index contributed by atoms with van der Waals surface area (Å²) in [4.78, 5) is 20.5. The Kier molecular flexibility index (Phi) is 6.49. The first kappa shape index (κ1) is 22.2. The van der Waals surface area contributed by atoms with Gasteiger partial charge in [-0.1, -0.05) is 14.4 Å². The van der Waals surface area contributed by atoms with Crippen LogP contribution in [0.25, 0.3) is 21.7 Å². The van der Waals surface area contributed by atoms with Crippen LogP contribution in [0.15, 0.2) is 47.4 Å². The smallest absolute Gasteiger partial charge is 0.252 e. The third-order valence-corrected chi connectivity index (χ3v) is 5.39. The molecule has 2 aromatic heterocycles. The number of H-pyrrole nitrogens is 1. The Bertz CT molecular complexity index is 1290. The van der Waals surface area contributed by atoms with Crippen LogP contribution in [0.1, 0.15) is 31.2 Å². The fourth-order valence-corrected chi connectivity index (χ4v) is 3.81. The van der Waals surface area contributed by atoms with E-state index >= 15 is 0 Å². The fourth-order valence-electron chi connectivity index (χ4n) is 3.81. The van der Waals surface area contributed by atoms with Crippen molar-refractivity contribution in [2.75, 3.05) is 21.3 Å². The zero-order chi connectivity index (χ0) is 21.3. The maximum atomic E-state index is 13.0. The van der Waals surface area contributed by atoms with E-state index in [9.17, 15) is 4.79 Å². The Hall–Kier alpha value is -3.54. The van der Waals surface area contributed by atoms with Crippen molar-refractivity contribution in [3.63, 3.8) is 0 Å². The molecule has 0 fully saturated rings. The SMILES string of the molecule is C.CCc1[nH]c(=O)c(Cc2cnc3cc(OC)ccc3c2)c2cc(OC)c(OC)cc12. The van der Waals surface area contributed by atoms with Crippen LogP contribution >= 0.6 is 0 Å². The number of nitrogens with zero attached hydrogens (tertiary/aromatic N) is 1.